The average molecular weight is 419 g/mol. The zero-order valence-electron chi connectivity index (χ0n) is 16.9. The number of aryl methyl sites for hydroxylation is 2. The molecule has 0 aliphatic rings. The molecule has 0 aromatic heterocycles. The van der Waals surface area contributed by atoms with Crippen LogP contribution in [0, 0.1) is 19.8 Å². The van der Waals surface area contributed by atoms with Gasteiger partial charge in [0.1, 0.15) is 6.04 Å². The SMILES string of the molecule is Cc1ccc(NC(=O)COC(=O)[C@H](NS(=O)(=O)c2ccccc2)C(C)C)c(C)c1. The van der Waals surface area contributed by atoms with E-state index in [1.807, 2.05) is 26.0 Å². The second-order valence-electron chi connectivity index (χ2n) is 7.13. The highest BCUT2D eigenvalue weighted by Crippen LogP contribution is 2.16. The minimum absolute atomic E-state index is 0.0473. The molecular formula is C21H26N2O5S. The Labute approximate surface area is 171 Å². The van der Waals surface area contributed by atoms with Gasteiger partial charge in [-0.2, -0.15) is 4.72 Å². The van der Waals surface area contributed by atoms with Crippen molar-refractivity contribution < 1.29 is 22.7 Å². The Bertz CT molecular complexity index is 972. The maximum atomic E-state index is 12.5. The molecule has 0 bridgehead atoms. The summed E-state index contributed by atoms with van der Waals surface area (Å²) in [5.74, 6) is -1.68. The number of hydrogen-bond acceptors (Lipinski definition) is 5. The van der Waals surface area contributed by atoms with Crippen LogP contribution in [0.15, 0.2) is 53.4 Å². The predicted octanol–water partition coefficient (Wildman–Crippen LogP) is 2.79. The molecule has 0 radical (unpaired) electrons. The number of sulfonamides is 1. The summed E-state index contributed by atoms with van der Waals surface area (Å²) in [6, 6.07) is 12.2. The Morgan fingerprint density at radius 2 is 1.69 bits per heavy atom. The van der Waals surface area contributed by atoms with Crippen LogP contribution < -0.4 is 10.0 Å². The van der Waals surface area contributed by atoms with E-state index in [-0.39, 0.29) is 10.8 Å². The molecule has 1 amide bonds. The molecule has 7 nitrogen and oxygen atoms in total. The van der Waals surface area contributed by atoms with Crippen LogP contribution in [-0.2, 0) is 24.3 Å². The fourth-order valence-corrected chi connectivity index (χ4v) is 4.01. The lowest BCUT2D eigenvalue weighted by atomic mass is 10.1. The highest BCUT2D eigenvalue weighted by atomic mass is 32.2. The summed E-state index contributed by atoms with van der Waals surface area (Å²) in [5.41, 5.74) is 2.58. The second-order valence-corrected chi connectivity index (χ2v) is 8.84. The van der Waals surface area contributed by atoms with Gasteiger partial charge in [-0.1, -0.05) is 49.7 Å². The molecule has 0 aliphatic carbocycles. The van der Waals surface area contributed by atoms with Crippen LogP contribution in [0.4, 0.5) is 5.69 Å². The van der Waals surface area contributed by atoms with Crippen molar-refractivity contribution in [2.45, 2.75) is 38.6 Å². The molecule has 0 fully saturated rings. The lowest BCUT2D eigenvalue weighted by Crippen LogP contribution is -2.45. The fourth-order valence-electron chi connectivity index (χ4n) is 2.66. The van der Waals surface area contributed by atoms with Gasteiger partial charge in [0, 0.05) is 5.69 Å². The molecule has 29 heavy (non-hydrogen) atoms. The summed E-state index contributed by atoms with van der Waals surface area (Å²) >= 11 is 0. The molecule has 0 saturated heterocycles. The first-order valence-corrected chi connectivity index (χ1v) is 10.7. The third-order valence-corrected chi connectivity index (χ3v) is 5.71. The van der Waals surface area contributed by atoms with Gasteiger partial charge in [-0.3, -0.25) is 9.59 Å². The first kappa shape index (κ1) is 22.6. The maximum absolute atomic E-state index is 12.5. The number of esters is 1. The Morgan fingerprint density at radius 3 is 2.28 bits per heavy atom. The van der Waals surface area contributed by atoms with Crippen LogP contribution >= 0.6 is 0 Å². The van der Waals surface area contributed by atoms with E-state index < -0.39 is 34.5 Å². The summed E-state index contributed by atoms with van der Waals surface area (Å²) in [4.78, 5) is 24.6. The lowest BCUT2D eigenvalue weighted by molar-refractivity contribution is -0.150. The molecule has 156 valence electrons. The van der Waals surface area contributed by atoms with E-state index in [2.05, 4.69) is 10.0 Å². The van der Waals surface area contributed by atoms with Gasteiger partial charge in [0.05, 0.1) is 4.90 Å². The number of benzene rings is 2. The van der Waals surface area contributed by atoms with Gasteiger partial charge in [-0.25, -0.2) is 8.42 Å². The molecule has 0 unspecified atom stereocenters. The Kier molecular flexibility index (Phi) is 7.53. The van der Waals surface area contributed by atoms with Gasteiger partial charge < -0.3 is 10.1 Å². The number of carbonyl (C=O) groups is 2. The van der Waals surface area contributed by atoms with Crippen molar-refractivity contribution >= 4 is 27.6 Å². The van der Waals surface area contributed by atoms with Crippen molar-refractivity contribution in [2.75, 3.05) is 11.9 Å². The minimum atomic E-state index is -3.90. The molecule has 0 saturated carbocycles. The van der Waals surface area contributed by atoms with Crippen LogP contribution in [0.25, 0.3) is 0 Å². The molecule has 2 aromatic carbocycles. The molecule has 0 heterocycles. The van der Waals surface area contributed by atoms with E-state index in [1.165, 1.54) is 12.1 Å². The van der Waals surface area contributed by atoms with Crippen LogP contribution in [0.1, 0.15) is 25.0 Å². The van der Waals surface area contributed by atoms with Gasteiger partial charge in [0.2, 0.25) is 10.0 Å². The van der Waals surface area contributed by atoms with Gasteiger partial charge in [0.15, 0.2) is 6.61 Å². The predicted molar refractivity (Wildman–Crippen MR) is 111 cm³/mol. The van der Waals surface area contributed by atoms with Crippen molar-refractivity contribution in [1.82, 2.24) is 4.72 Å². The maximum Gasteiger partial charge on any atom is 0.324 e. The number of carbonyl (C=O) groups excluding carboxylic acids is 2. The molecule has 0 aliphatic heterocycles. The molecule has 2 aromatic rings. The Morgan fingerprint density at radius 1 is 1.03 bits per heavy atom. The number of nitrogens with one attached hydrogen (secondary N) is 2. The van der Waals surface area contributed by atoms with E-state index in [4.69, 9.17) is 4.74 Å². The van der Waals surface area contributed by atoms with Crippen molar-refractivity contribution in [3.05, 3.63) is 59.7 Å². The molecule has 2 N–H and O–H groups in total. The third-order valence-electron chi connectivity index (χ3n) is 4.26. The van der Waals surface area contributed by atoms with Crippen LogP contribution in [0.5, 0.6) is 0 Å². The summed E-state index contributed by atoms with van der Waals surface area (Å²) < 4.78 is 32.4. The highest BCUT2D eigenvalue weighted by Gasteiger charge is 2.30. The monoisotopic (exact) mass is 418 g/mol. The van der Waals surface area contributed by atoms with Crippen LogP contribution in [-0.4, -0.2) is 32.9 Å². The Hall–Kier alpha value is -2.71. The number of hydrogen-bond donors (Lipinski definition) is 2. The Balaban J connectivity index is 1.99. The topological polar surface area (TPSA) is 102 Å². The quantitative estimate of drug-likeness (QED) is 0.642. The van der Waals surface area contributed by atoms with Crippen molar-refractivity contribution in [2.24, 2.45) is 5.92 Å². The van der Waals surface area contributed by atoms with Crippen molar-refractivity contribution in [3.8, 4) is 0 Å². The largest absolute Gasteiger partial charge is 0.454 e. The van der Waals surface area contributed by atoms with Crippen molar-refractivity contribution in [3.63, 3.8) is 0 Å². The lowest BCUT2D eigenvalue weighted by Gasteiger charge is -2.20. The zero-order chi connectivity index (χ0) is 21.6. The van der Waals surface area contributed by atoms with Gasteiger partial charge in [0.25, 0.3) is 5.91 Å². The number of anilines is 1. The summed E-state index contributed by atoms with van der Waals surface area (Å²) in [5, 5.41) is 2.68. The van der Waals surface area contributed by atoms with E-state index in [0.717, 1.165) is 11.1 Å². The molecule has 2 rings (SSSR count). The third kappa shape index (κ3) is 6.40. The van der Waals surface area contributed by atoms with Gasteiger partial charge in [-0.15, -0.1) is 0 Å². The number of amides is 1. The van der Waals surface area contributed by atoms with E-state index in [0.29, 0.717) is 5.69 Å². The smallest absolute Gasteiger partial charge is 0.324 e. The summed E-state index contributed by atoms with van der Waals surface area (Å²) in [6.07, 6.45) is 0. The van der Waals surface area contributed by atoms with Crippen LogP contribution in [0.2, 0.25) is 0 Å². The highest BCUT2D eigenvalue weighted by molar-refractivity contribution is 7.89. The van der Waals surface area contributed by atoms with E-state index in [1.54, 1.807) is 38.1 Å². The second kappa shape index (κ2) is 9.67. The fraction of sp³-hybridized carbons (Fsp3) is 0.333. The van der Waals surface area contributed by atoms with Gasteiger partial charge >= 0.3 is 5.97 Å². The molecule has 0 spiro atoms. The summed E-state index contributed by atoms with van der Waals surface area (Å²) in [6.45, 7) is 6.68. The number of ether oxygens (including phenoxy) is 1. The zero-order valence-corrected chi connectivity index (χ0v) is 17.7. The van der Waals surface area contributed by atoms with Gasteiger partial charge in [-0.05, 0) is 43.5 Å². The first-order chi connectivity index (χ1) is 13.6. The van der Waals surface area contributed by atoms with E-state index >= 15 is 0 Å². The van der Waals surface area contributed by atoms with Crippen LogP contribution in [0.3, 0.4) is 0 Å². The summed E-state index contributed by atoms with van der Waals surface area (Å²) in [7, 11) is -3.90. The van der Waals surface area contributed by atoms with Crippen molar-refractivity contribution in [1.29, 1.82) is 0 Å². The standard InChI is InChI=1S/C21H26N2O5S/c1-14(2)20(23-29(26,27)17-8-6-5-7-9-17)21(25)28-13-19(24)22-18-11-10-15(3)12-16(18)4/h5-12,14,20,23H,13H2,1-4H3,(H,22,24)/t20-/m1/s1. The molecular weight excluding hydrogens is 392 g/mol. The molecule has 1 atom stereocenters. The normalized spacial score (nSPS) is 12.4. The minimum Gasteiger partial charge on any atom is -0.454 e. The number of rotatable bonds is 8. The first-order valence-electron chi connectivity index (χ1n) is 9.21. The van der Waals surface area contributed by atoms with E-state index in [9.17, 15) is 18.0 Å². The average Bonchev–Trinajstić information content (AvgIpc) is 2.67. The molecule has 8 heteroatoms.